The monoisotopic (exact) mass is 605 g/mol. The Kier molecular flexibility index (Phi) is 22.8. The van der Waals surface area contributed by atoms with E-state index in [9.17, 15) is 35.4 Å². The van der Waals surface area contributed by atoms with Crippen molar-refractivity contribution in [2.45, 2.75) is 185 Å². The lowest BCUT2D eigenvalue weighted by molar-refractivity contribution is -0.303. The predicted octanol–water partition coefficient (Wildman–Crippen LogP) is 3.46. The van der Waals surface area contributed by atoms with Gasteiger partial charge in [0.2, 0.25) is 5.91 Å². The van der Waals surface area contributed by atoms with E-state index in [0.29, 0.717) is 6.42 Å². The molecule has 250 valence electrons. The van der Waals surface area contributed by atoms with Crippen molar-refractivity contribution in [3.05, 3.63) is 0 Å². The average molecular weight is 606 g/mol. The van der Waals surface area contributed by atoms with Crippen LogP contribution < -0.4 is 5.32 Å². The summed E-state index contributed by atoms with van der Waals surface area (Å²) in [7, 11) is 0. The SMILES string of the molecule is CCCCCCCCCCCCCCCCCCC[C@@H](O)[C@@H](O)[C@H](CO[C@H]1O[C@H](CO)[C@H](O)[C@H](O)[C@H]1O)NC(=O)CC. The van der Waals surface area contributed by atoms with Crippen LogP contribution in [-0.4, -0.2) is 98.7 Å². The molecule has 1 aliphatic heterocycles. The minimum atomic E-state index is -1.60. The van der Waals surface area contributed by atoms with Crippen molar-refractivity contribution in [1.82, 2.24) is 5.32 Å². The van der Waals surface area contributed by atoms with E-state index in [1.807, 2.05) is 0 Å². The number of aliphatic hydroxyl groups excluding tert-OH is 6. The highest BCUT2D eigenvalue weighted by Crippen LogP contribution is 2.23. The lowest BCUT2D eigenvalue weighted by atomic mass is 9.98. The number of hydrogen-bond acceptors (Lipinski definition) is 9. The summed E-state index contributed by atoms with van der Waals surface area (Å²) in [4.78, 5) is 12.0. The second-order valence-electron chi connectivity index (χ2n) is 12.1. The van der Waals surface area contributed by atoms with Crippen molar-refractivity contribution in [3.8, 4) is 0 Å². The molecule has 1 heterocycles. The normalized spacial score (nSPS) is 24.8. The van der Waals surface area contributed by atoms with Crippen LogP contribution in [0.4, 0.5) is 0 Å². The van der Waals surface area contributed by atoms with E-state index in [-0.39, 0.29) is 18.9 Å². The van der Waals surface area contributed by atoms with Crippen molar-refractivity contribution in [1.29, 1.82) is 0 Å². The van der Waals surface area contributed by atoms with Crippen molar-refractivity contribution in [2.24, 2.45) is 0 Å². The first kappa shape index (κ1) is 39.2. The van der Waals surface area contributed by atoms with Gasteiger partial charge in [-0.15, -0.1) is 0 Å². The number of ether oxygens (including phenoxy) is 2. The topological polar surface area (TPSA) is 169 Å². The molecule has 0 radical (unpaired) electrons. The molecule has 1 saturated heterocycles. The number of hydrogen-bond donors (Lipinski definition) is 7. The van der Waals surface area contributed by atoms with E-state index in [1.165, 1.54) is 89.9 Å². The Hall–Kier alpha value is -0.850. The molecule has 42 heavy (non-hydrogen) atoms. The summed E-state index contributed by atoms with van der Waals surface area (Å²) in [5, 5.41) is 63.4. The molecule has 1 aliphatic rings. The van der Waals surface area contributed by atoms with Gasteiger partial charge in [-0.2, -0.15) is 0 Å². The van der Waals surface area contributed by atoms with Crippen LogP contribution in [0.15, 0.2) is 0 Å². The summed E-state index contributed by atoms with van der Waals surface area (Å²) >= 11 is 0. The molecule has 10 heteroatoms. The molecule has 0 unspecified atom stereocenters. The standard InChI is InChI=1S/C32H63NO9/c1-3-5-6-7-8-9-10-11-12-13-14-15-16-17-18-19-20-21-25(35)28(37)24(33-27(36)4-2)23-41-32-31(40)30(39)29(38)26(22-34)42-32/h24-26,28-32,34-35,37-40H,3-23H2,1-2H3,(H,33,36)/t24-,25+,26+,28-,29-,30-,31+,32-/m0/s1. The highest BCUT2D eigenvalue weighted by molar-refractivity contribution is 5.75. The van der Waals surface area contributed by atoms with Crippen LogP contribution in [0.3, 0.4) is 0 Å². The summed E-state index contributed by atoms with van der Waals surface area (Å²) in [6, 6.07) is -0.981. The molecule has 8 atom stereocenters. The fourth-order valence-corrected chi connectivity index (χ4v) is 5.46. The highest BCUT2D eigenvalue weighted by atomic mass is 16.7. The van der Waals surface area contributed by atoms with E-state index in [0.717, 1.165) is 19.3 Å². The molecule has 0 aromatic carbocycles. The molecule has 1 fully saturated rings. The fraction of sp³-hybridized carbons (Fsp3) is 0.969. The van der Waals surface area contributed by atoms with E-state index >= 15 is 0 Å². The molecule has 0 spiro atoms. The Balaban J connectivity index is 2.22. The van der Waals surface area contributed by atoms with Gasteiger partial charge in [0.25, 0.3) is 0 Å². The number of carbonyl (C=O) groups excluding carboxylic acids is 1. The number of nitrogens with one attached hydrogen (secondary N) is 1. The Morgan fingerprint density at radius 2 is 1.21 bits per heavy atom. The Morgan fingerprint density at radius 3 is 1.67 bits per heavy atom. The fourth-order valence-electron chi connectivity index (χ4n) is 5.46. The number of aliphatic hydroxyl groups is 6. The van der Waals surface area contributed by atoms with Gasteiger partial charge in [-0.3, -0.25) is 4.79 Å². The number of unbranched alkanes of at least 4 members (excludes halogenated alkanes) is 16. The van der Waals surface area contributed by atoms with Crippen molar-refractivity contribution in [3.63, 3.8) is 0 Å². The number of rotatable bonds is 26. The maximum atomic E-state index is 12.0. The van der Waals surface area contributed by atoms with Crippen LogP contribution in [0.2, 0.25) is 0 Å². The third-order valence-electron chi connectivity index (χ3n) is 8.37. The van der Waals surface area contributed by atoms with Crippen LogP contribution in [0, 0.1) is 0 Å². The third kappa shape index (κ3) is 16.3. The van der Waals surface area contributed by atoms with Gasteiger partial charge in [0, 0.05) is 6.42 Å². The van der Waals surface area contributed by atoms with Gasteiger partial charge in [0.15, 0.2) is 6.29 Å². The Labute approximate surface area is 254 Å². The molecule has 0 aromatic rings. The van der Waals surface area contributed by atoms with Crippen LogP contribution in [-0.2, 0) is 14.3 Å². The minimum Gasteiger partial charge on any atom is -0.394 e. The first-order valence-electron chi connectivity index (χ1n) is 16.8. The lowest BCUT2D eigenvalue weighted by Crippen LogP contribution is -2.60. The van der Waals surface area contributed by atoms with Crippen LogP contribution >= 0.6 is 0 Å². The van der Waals surface area contributed by atoms with Gasteiger partial charge in [0.05, 0.1) is 25.4 Å². The molecule has 0 bridgehead atoms. The summed E-state index contributed by atoms with van der Waals surface area (Å²) in [5.41, 5.74) is 0. The Bertz CT molecular complexity index is 653. The molecule has 7 N–H and O–H groups in total. The second-order valence-corrected chi connectivity index (χ2v) is 12.1. The predicted molar refractivity (Wildman–Crippen MR) is 163 cm³/mol. The zero-order chi connectivity index (χ0) is 31.2. The van der Waals surface area contributed by atoms with Gasteiger partial charge in [-0.1, -0.05) is 123 Å². The molecule has 1 amide bonds. The largest absolute Gasteiger partial charge is 0.394 e. The van der Waals surface area contributed by atoms with E-state index in [4.69, 9.17) is 9.47 Å². The van der Waals surface area contributed by atoms with Gasteiger partial charge in [-0.25, -0.2) is 0 Å². The van der Waals surface area contributed by atoms with E-state index < -0.39 is 55.6 Å². The second kappa shape index (κ2) is 24.5. The number of carbonyl (C=O) groups is 1. The lowest BCUT2D eigenvalue weighted by Gasteiger charge is -2.40. The summed E-state index contributed by atoms with van der Waals surface area (Å²) in [6.07, 6.45) is 12.3. The maximum absolute atomic E-state index is 12.0. The summed E-state index contributed by atoms with van der Waals surface area (Å²) < 4.78 is 10.9. The quantitative estimate of drug-likeness (QED) is 0.0730. The van der Waals surface area contributed by atoms with Gasteiger partial charge in [0.1, 0.15) is 30.5 Å². The zero-order valence-corrected chi connectivity index (χ0v) is 26.4. The summed E-state index contributed by atoms with van der Waals surface area (Å²) in [5.74, 6) is -0.346. The van der Waals surface area contributed by atoms with Gasteiger partial charge < -0.3 is 45.4 Å². The first-order valence-corrected chi connectivity index (χ1v) is 16.8. The third-order valence-corrected chi connectivity index (χ3v) is 8.37. The van der Waals surface area contributed by atoms with Crippen LogP contribution in [0.1, 0.15) is 136 Å². The molecular formula is C32H63NO9. The molecule has 1 rings (SSSR count). The van der Waals surface area contributed by atoms with Gasteiger partial charge in [-0.05, 0) is 6.42 Å². The maximum Gasteiger partial charge on any atom is 0.220 e. The van der Waals surface area contributed by atoms with Crippen molar-refractivity contribution < 1.29 is 44.9 Å². The number of amides is 1. The smallest absolute Gasteiger partial charge is 0.220 e. The molecule has 0 aliphatic carbocycles. The zero-order valence-electron chi connectivity index (χ0n) is 26.4. The molecular weight excluding hydrogens is 542 g/mol. The molecule has 10 nitrogen and oxygen atoms in total. The van der Waals surface area contributed by atoms with Gasteiger partial charge >= 0.3 is 0 Å². The first-order chi connectivity index (χ1) is 20.3. The average Bonchev–Trinajstić information content (AvgIpc) is 2.99. The van der Waals surface area contributed by atoms with E-state index in [2.05, 4.69) is 12.2 Å². The molecule has 0 aromatic heterocycles. The minimum absolute atomic E-state index is 0.165. The Morgan fingerprint density at radius 1 is 0.738 bits per heavy atom. The molecule has 0 saturated carbocycles. The van der Waals surface area contributed by atoms with Crippen LogP contribution in [0.25, 0.3) is 0 Å². The van der Waals surface area contributed by atoms with E-state index in [1.54, 1.807) is 6.92 Å². The van der Waals surface area contributed by atoms with Crippen molar-refractivity contribution in [2.75, 3.05) is 13.2 Å². The summed E-state index contributed by atoms with van der Waals surface area (Å²) in [6.45, 7) is 3.01. The van der Waals surface area contributed by atoms with Crippen molar-refractivity contribution >= 4 is 5.91 Å². The van der Waals surface area contributed by atoms with Crippen LogP contribution in [0.5, 0.6) is 0 Å². The highest BCUT2D eigenvalue weighted by Gasteiger charge is 2.44.